The van der Waals surface area contributed by atoms with Gasteiger partial charge in [-0.05, 0) is 30.3 Å². The number of halogens is 1. The summed E-state index contributed by atoms with van der Waals surface area (Å²) in [5, 5.41) is 0.721. The van der Waals surface area contributed by atoms with E-state index in [1.54, 1.807) is 17.8 Å². The van der Waals surface area contributed by atoms with Crippen LogP contribution in [0.25, 0.3) is 0 Å². The van der Waals surface area contributed by atoms with Gasteiger partial charge in [-0.3, -0.25) is 4.98 Å². The van der Waals surface area contributed by atoms with E-state index in [2.05, 4.69) is 9.72 Å². The number of benzene rings is 1. The summed E-state index contributed by atoms with van der Waals surface area (Å²) in [5.74, 6) is 0.350. The summed E-state index contributed by atoms with van der Waals surface area (Å²) in [6.07, 6.45) is 1.53. The zero-order valence-corrected chi connectivity index (χ0v) is 11.9. The molecule has 2 rings (SSSR count). The van der Waals surface area contributed by atoms with Gasteiger partial charge in [0.2, 0.25) is 0 Å². The van der Waals surface area contributed by atoms with E-state index in [4.69, 9.17) is 11.6 Å². The number of thioether (sulfide) groups is 1. The van der Waals surface area contributed by atoms with Gasteiger partial charge in [0, 0.05) is 21.9 Å². The number of carbonyl (C=O) groups is 1. The van der Waals surface area contributed by atoms with E-state index in [0.29, 0.717) is 5.56 Å². The highest BCUT2D eigenvalue weighted by atomic mass is 35.5. The number of hydrogen-bond acceptors (Lipinski definition) is 4. The Morgan fingerprint density at radius 1 is 1.37 bits per heavy atom. The zero-order valence-electron chi connectivity index (χ0n) is 10.3. The number of rotatable bonds is 4. The average Bonchev–Trinajstić information content (AvgIpc) is 2.45. The second-order valence-electron chi connectivity index (χ2n) is 3.78. The van der Waals surface area contributed by atoms with Crippen LogP contribution in [-0.2, 0) is 10.5 Å². The first-order chi connectivity index (χ1) is 9.19. The van der Waals surface area contributed by atoms with E-state index in [1.165, 1.54) is 13.3 Å². The predicted octanol–water partition coefficient (Wildman–Crippen LogP) is 3.81. The molecule has 3 nitrogen and oxygen atoms in total. The highest BCUT2D eigenvalue weighted by Crippen LogP contribution is 2.24. The van der Waals surface area contributed by atoms with Gasteiger partial charge in [0.15, 0.2) is 0 Å². The van der Waals surface area contributed by atoms with Crippen molar-refractivity contribution in [2.45, 2.75) is 10.6 Å². The van der Waals surface area contributed by atoms with Crippen LogP contribution < -0.4 is 0 Å². The molecule has 0 bridgehead atoms. The molecule has 0 N–H and O–H groups in total. The highest BCUT2D eigenvalue weighted by Gasteiger charge is 2.05. The molecular weight excluding hydrogens is 282 g/mol. The van der Waals surface area contributed by atoms with Gasteiger partial charge in [-0.2, -0.15) is 0 Å². The number of ether oxygens (including phenoxy) is 1. The number of carbonyl (C=O) groups excluding carboxylic acids is 1. The number of hydrogen-bond donors (Lipinski definition) is 0. The van der Waals surface area contributed by atoms with Crippen LogP contribution in [-0.4, -0.2) is 18.1 Å². The Bertz CT molecular complexity index is 572. The van der Waals surface area contributed by atoms with Crippen molar-refractivity contribution in [2.75, 3.05) is 7.11 Å². The summed E-state index contributed by atoms with van der Waals surface area (Å²) in [4.78, 5) is 16.6. The fourth-order valence-electron chi connectivity index (χ4n) is 1.46. The minimum atomic E-state index is -0.374. The van der Waals surface area contributed by atoms with Crippen molar-refractivity contribution < 1.29 is 9.53 Å². The number of esters is 1. The smallest absolute Gasteiger partial charge is 0.339 e. The highest BCUT2D eigenvalue weighted by molar-refractivity contribution is 7.98. The zero-order chi connectivity index (χ0) is 13.7. The van der Waals surface area contributed by atoms with Crippen LogP contribution in [0.15, 0.2) is 47.5 Å². The lowest BCUT2D eigenvalue weighted by molar-refractivity contribution is 0.0600. The van der Waals surface area contributed by atoms with Gasteiger partial charge < -0.3 is 4.74 Å². The molecular formula is C14H12ClNO2S. The van der Waals surface area contributed by atoms with Crippen LogP contribution in [0, 0.1) is 0 Å². The van der Waals surface area contributed by atoms with Crippen molar-refractivity contribution >= 4 is 29.3 Å². The third-order valence-electron chi connectivity index (χ3n) is 2.43. The lowest BCUT2D eigenvalue weighted by atomic mass is 10.2. The standard InChI is InChI=1S/C14H12ClNO2S/c1-18-14(17)10-5-6-12(16-8-10)9-19-13-4-2-3-11(15)7-13/h2-8H,9H2,1H3. The summed E-state index contributed by atoms with van der Waals surface area (Å²) in [6.45, 7) is 0. The van der Waals surface area contributed by atoms with E-state index in [9.17, 15) is 4.79 Å². The van der Waals surface area contributed by atoms with Crippen LogP contribution in [0.1, 0.15) is 16.1 Å². The molecule has 0 saturated carbocycles. The molecule has 0 saturated heterocycles. The maximum atomic E-state index is 11.3. The summed E-state index contributed by atoms with van der Waals surface area (Å²) in [6, 6.07) is 11.2. The normalized spacial score (nSPS) is 10.2. The van der Waals surface area contributed by atoms with E-state index >= 15 is 0 Å². The number of methoxy groups -OCH3 is 1. The van der Waals surface area contributed by atoms with E-state index in [0.717, 1.165) is 21.4 Å². The van der Waals surface area contributed by atoms with Gasteiger partial charge in [0.05, 0.1) is 18.4 Å². The molecule has 0 spiro atoms. The quantitative estimate of drug-likeness (QED) is 0.635. The minimum absolute atomic E-state index is 0.374. The van der Waals surface area contributed by atoms with Crippen LogP contribution >= 0.6 is 23.4 Å². The Morgan fingerprint density at radius 3 is 2.84 bits per heavy atom. The van der Waals surface area contributed by atoms with Gasteiger partial charge >= 0.3 is 5.97 Å². The summed E-state index contributed by atoms with van der Waals surface area (Å²) in [5.41, 5.74) is 1.36. The topological polar surface area (TPSA) is 39.2 Å². The van der Waals surface area contributed by atoms with Gasteiger partial charge in [-0.25, -0.2) is 4.79 Å². The second-order valence-corrected chi connectivity index (χ2v) is 5.26. The van der Waals surface area contributed by atoms with Crippen molar-refractivity contribution in [1.29, 1.82) is 0 Å². The molecule has 98 valence electrons. The van der Waals surface area contributed by atoms with Gasteiger partial charge in [-0.1, -0.05) is 17.7 Å². The Balaban J connectivity index is 1.98. The van der Waals surface area contributed by atoms with E-state index in [1.807, 2.05) is 30.3 Å². The predicted molar refractivity (Wildman–Crippen MR) is 76.6 cm³/mol. The van der Waals surface area contributed by atoms with Crippen molar-refractivity contribution in [3.8, 4) is 0 Å². The molecule has 19 heavy (non-hydrogen) atoms. The molecule has 1 heterocycles. The molecule has 0 aliphatic heterocycles. The van der Waals surface area contributed by atoms with Crippen LogP contribution in [0.2, 0.25) is 5.02 Å². The molecule has 0 radical (unpaired) electrons. The van der Waals surface area contributed by atoms with E-state index in [-0.39, 0.29) is 5.97 Å². The molecule has 0 atom stereocenters. The molecule has 2 aromatic rings. The maximum Gasteiger partial charge on any atom is 0.339 e. The Kier molecular flexibility index (Phi) is 4.82. The third kappa shape index (κ3) is 3.98. The van der Waals surface area contributed by atoms with Crippen LogP contribution in [0.4, 0.5) is 0 Å². The van der Waals surface area contributed by atoms with Crippen LogP contribution in [0.3, 0.4) is 0 Å². The molecule has 5 heteroatoms. The first-order valence-corrected chi connectivity index (χ1v) is 6.97. The molecule has 0 aliphatic rings. The summed E-state index contributed by atoms with van der Waals surface area (Å²) in [7, 11) is 1.35. The van der Waals surface area contributed by atoms with Crippen molar-refractivity contribution in [3.63, 3.8) is 0 Å². The van der Waals surface area contributed by atoms with Crippen LogP contribution in [0.5, 0.6) is 0 Å². The average molecular weight is 294 g/mol. The Morgan fingerprint density at radius 2 is 2.21 bits per heavy atom. The molecule has 0 amide bonds. The number of aromatic nitrogens is 1. The molecule has 1 aromatic carbocycles. The minimum Gasteiger partial charge on any atom is -0.465 e. The van der Waals surface area contributed by atoms with Crippen molar-refractivity contribution in [3.05, 3.63) is 58.9 Å². The molecule has 1 aromatic heterocycles. The fourth-order valence-corrected chi connectivity index (χ4v) is 2.59. The van der Waals surface area contributed by atoms with Gasteiger partial charge in [0.25, 0.3) is 0 Å². The van der Waals surface area contributed by atoms with Crippen molar-refractivity contribution in [2.24, 2.45) is 0 Å². The first kappa shape index (κ1) is 13.9. The number of nitrogens with zero attached hydrogens (tertiary/aromatic N) is 1. The van der Waals surface area contributed by atoms with Gasteiger partial charge in [-0.15, -0.1) is 11.8 Å². The van der Waals surface area contributed by atoms with Gasteiger partial charge in [0.1, 0.15) is 0 Å². The molecule has 0 aliphatic carbocycles. The first-order valence-electron chi connectivity index (χ1n) is 5.60. The fraction of sp³-hybridized carbons (Fsp3) is 0.143. The van der Waals surface area contributed by atoms with Crippen molar-refractivity contribution in [1.82, 2.24) is 4.98 Å². The Labute approximate surface area is 121 Å². The lowest BCUT2D eigenvalue weighted by Crippen LogP contribution is -2.02. The number of pyridine rings is 1. The third-order valence-corrected chi connectivity index (χ3v) is 3.69. The summed E-state index contributed by atoms with van der Waals surface area (Å²) < 4.78 is 4.62. The maximum absolute atomic E-state index is 11.3. The Hall–Kier alpha value is -1.52. The van der Waals surface area contributed by atoms with E-state index < -0.39 is 0 Å². The SMILES string of the molecule is COC(=O)c1ccc(CSc2cccc(Cl)c2)nc1. The largest absolute Gasteiger partial charge is 0.465 e. The molecule has 0 unspecified atom stereocenters. The summed E-state index contributed by atoms with van der Waals surface area (Å²) >= 11 is 7.56. The lowest BCUT2D eigenvalue weighted by Gasteiger charge is -2.03. The monoisotopic (exact) mass is 293 g/mol. The molecule has 0 fully saturated rings. The second kappa shape index (κ2) is 6.59.